The fraction of sp³-hybridized carbons (Fsp3) is 0.263. The Labute approximate surface area is 136 Å². The molecule has 4 heteroatoms. The van der Waals surface area contributed by atoms with E-state index in [1.807, 2.05) is 37.3 Å². The number of carbonyl (C=O) groups excluding carboxylic acids is 2. The molecule has 0 unspecified atom stereocenters. The molecule has 0 heterocycles. The molecule has 0 spiro atoms. The van der Waals surface area contributed by atoms with Crippen LogP contribution in [-0.4, -0.2) is 25.9 Å². The summed E-state index contributed by atoms with van der Waals surface area (Å²) in [5.41, 5.74) is 4.42. The minimum atomic E-state index is -0.330. The van der Waals surface area contributed by atoms with Crippen molar-refractivity contribution in [1.29, 1.82) is 0 Å². The first-order chi connectivity index (χ1) is 11.1. The number of aryl methyl sites for hydroxylation is 1. The highest BCUT2D eigenvalue weighted by Crippen LogP contribution is 2.20. The summed E-state index contributed by atoms with van der Waals surface area (Å²) in [4.78, 5) is 24.6. The fourth-order valence-electron chi connectivity index (χ4n) is 2.46. The number of ether oxygens (including phenoxy) is 1. The van der Waals surface area contributed by atoms with Crippen LogP contribution >= 0.6 is 0 Å². The van der Waals surface area contributed by atoms with Crippen molar-refractivity contribution < 1.29 is 14.3 Å². The number of benzene rings is 2. The third kappa shape index (κ3) is 3.97. The standard InChI is InChI=1S/C19H21NO3/c1-4-20(18-10-9-17(13-21)14(2)11-18)12-15-5-7-16(8-6-15)19(22)23-3/h5-11,13H,4,12H2,1-3H3. The minimum absolute atomic E-state index is 0.330. The first-order valence-corrected chi connectivity index (χ1v) is 7.57. The number of esters is 1. The molecule has 4 nitrogen and oxygen atoms in total. The summed E-state index contributed by atoms with van der Waals surface area (Å²) in [5, 5.41) is 0. The maximum atomic E-state index is 11.5. The number of nitrogens with zero attached hydrogens (tertiary/aromatic N) is 1. The van der Waals surface area contributed by atoms with E-state index in [1.165, 1.54) is 7.11 Å². The van der Waals surface area contributed by atoms with Gasteiger partial charge >= 0.3 is 5.97 Å². The van der Waals surface area contributed by atoms with Crippen LogP contribution in [0.15, 0.2) is 42.5 Å². The predicted molar refractivity (Wildman–Crippen MR) is 91.1 cm³/mol. The third-order valence-corrected chi connectivity index (χ3v) is 3.88. The molecule has 0 amide bonds. The average Bonchev–Trinajstić information content (AvgIpc) is 2.59. The summed E-state index contributed by atoms with van der Waals surface area (Å²) < 4.78 is 4.70. The molecule has 0 bridgehead atoms. The third-order valence-electron chi connectivity index (χ3n) is 3.88. The molecule has 0 aliphatic rings. The van der Waals surface area contributed by atoms with Crippen molar-refractivity contribution in [1.82, 2.24) is 0 Å². The summed E-state index contributed by atoms with van der Waals surface area (Å²) in [5.74, 6) is -0.330. The van der Waals surface area contributed by atoms with Crippen molar-refractivity contribution >= 4 is 17.9 Å². The van der Waals surface area contributed by atoms with E-state index in [9.17, 15) is 9.59 Å². The van der Waals surface area contributed by atoms with Crippen LogP contribution in [0, 0.1) is 6.92 Å². The van der Waals surface area contributed by atoms with Gasteiger partial charge in [-0.2, -0.15) is 0 Å². The van der Waals surface area contributed by atoms with Crippen LogP contribution in [0.25, 0.3) is 0 Å². The van der Waals surface area contributed by atoms with Gasteiger partial charge in [0.2, 0.25) is 0 Å². The Morgan fingerprint density at radius 1 is 1.17 bits per heavy atom. The van der Waals surface area contributed by atoms with Crippen LogP contribution in [-0.2, 0) is 11.3 Å². The maximum Gasteiger partial charge on any atom is 0.337 e. The number of methoxy groups -OCH3 is 1. The lowest BCUT2D eigenvalue weighted by atomic mass is 10.1. The predicted octanol–water partition coefficient (Wildman–Crippen LogP) is 3.62. The summed E-state index contributed by atoms with van der Waals surface area (Å²) in [7, 11) is 1.38. The molecule has 0 aromatic heterocycles. The van der Waals surface area contributed by atoms with Gasteiger partial charge in [0.1, 0.15) is 6.29 Å². The first-order valence-electron chi connectivity index (χ1n) is 7.57. The van der Waals surface area contributed by atoms with Gasteiger partial charge in [-0.15, -0.1) is 0 Å². The molecule has 2 rings (SSSR count). The molecule has 0 radical (unpaired) electrons. The molecule has 0 fully saturated rings. The van der Waals surface area contributed by atoms with Crippen molar-refractivity contribution in [2.45, 2.75) is 20.4 Å². The van der Waals surface area contributed by atoms with Gasteiger partial charge < -0.3 is 9.64 Å². The largest absolute Gasteiger partial charge is 0.465 e. The van der Waals surface area contributed by atoms with Crippen molar-refractivity contribution in [3.8, 4) is 0 Å². The normalized spacial score (nSPS) is 10.2. The smallest absolute Gasteiger partial charge is 0.337 e. The first kappa shape index (κ1) is 16.7. The van der Waals surface area contributed by atoms with Crippen LogP contribution < -0.4 is 4.90 Å². The van der Waals surface area contributed by atoms with E-state index >= 15 is 0 Å². The molecule has 23 heavy (non-hydrogen) atoms. The van der Waals surface area contributed by atoms with Crippen molar-refractivity contribution in [3.63, 3.8) is 0 Å². The van der Waals surface area contributed by atoms with Crippen molar-refractivity contribution in [3.05, 3.63) is 64.7 Å². The highest BCUT2D eigenvalue weighted by molar-refractivity contribution is 5.89. The summed E-state index contributed by atoms with van der Waals surface area (Å²) in [6.07, 6.45) is 0.876. The topological polar surface area (TPSA) is 46.6 Å². The molecular weight excluding hydrogens is 290 g/mol. The van der Waals surface area contributed by atoms with Crippen LogP contribution in [0.4, 0.5) is 5.69 Å². The van der Waals surface area contributed by atoms with Crippen molar-refractivity contribution in [2.24, 2.45) is 0 Å². The zero-order valence-corrected chi connectivity index (χ0v) is 13.7. The fourth-order valence-corrected chi connectivity index (χ4v) is 2.46. The second kappa shape index (κ2) is 7.58. The molecule has 0 saturated carbocycles. The van der Waals surface area contributed by atoms with Crippen molar-refractivity contribution in [2.75, 3.05) is 18.6 Å². The molecule has 0 N–H and O–H groups in total. The minimum Gasteiger partial charge on any atom is -0.465 e. The summed E-state index contributed by atoms with van der Waals surface area (Å²) in [6.45, 7) is 5.61. The van der Waals surface area contributed by atoms with Gasteiger partial charge in [-0.25, -0.2) is 4.79 Å². The molecule has 0 saturated heterocycles. The van der Waals surface area contributed by atoms with Gasteiger partial charge in [0.05, 0.1) is 12.7 Å². The molecular formula is C19H21NO3. The van der Waals surface area contributed by atoms with E-state index in [0.717, 1.165) is 36.2 Å². The lowest BCUT2D eigenvalue weighted by Gasteiger charge is -2.24. The van der Waals surface area contributed by atoms with Gasteiger partial charge in [0, 0.05) is 24.3 Å². The Hall–Kier alpha value is -2.62. The summed E-state index contributed by atoms with van der Waals surface area (Å²) >= 11 is 0. The zero-order chi connectivity index (χ0) is 16.8. The van der Waals surface area contributed by atoms with Crippen LogP contribution in [0.1, 0.15) is 38.8 Å². The Bertz CT molecular complexity index is 692. The van der Waals surface area contributed by atoms with Gasteiger partial charge in [-0.1, -0.05) is 12.1 Å². The molecule has 2 aromatic rings. The maximum absolute atomic E-state index is 11.5. The summed E-state index contributed by atoms with van der Waals surface area (Å²) in [6, 6.07) is 13.2. The average molecular weight is 311 g/mol. The zero-order valence-electron chi connectivity index (χ0n) is 13.7. The number of aldehydes is 1. The Kier molecular flexibility index (Phi) is 5.52. The van der Waals surface area contributed by atoms with E-state index in [0.29, 0.717) is 11.1 Å². The number of anilines is 1. The van der Waals surface area contributed by atoms with E-state index in [-0.39, 0.29) is 5.97 Å². The van der Waals surface area contributed by atoms with Crippen LogP contribution in [0.2, 0.25) is 0 Å². The van der Waals surface area contributed by atoms with E-state index in [2.05, 4.69) is 11.8 Å². The molecule has 0 atom stereocenters. The van der Waals surface area contributed by atoms with Gasteiger partial charge in [-0.05, 0) is 55.3 Å². The van der Waals surface area contributed by atoms with E-state index in [1.54, 1.807) is 12.1 Å². The molecule has 120 valence electrons. The van der Waals surface area contributed by atoms with E-state index in [4.69, 9.17) is 4.74 Å². The highest BCUT2D eigenvalue weighted by Gasteiger charge is 2.09. The monoisotopic (exact) mass is 311 g/mol. The van der Waals surface area contributed by atoms with Gasteiger partial charge in [0.25, 0.3) is 0 Å². The SMILES string of the molecule is CCN(Cc1ccc(C(=O)OC)cc1)c1ccc(C=O)c(C)c1. The number of hydrogen-bond acceptors (Lipinski definition) is 4. The van der Waals surface area contributed by atoms with E-state index < -0.39 is 0 Å². The number of rotatable bonds is 6. The quantitative estimate of drug-likeness (QED) is 0.604. The Morgan fingerprint density at radius 3 is 2.39 bits per heavy atom. The lowest BCUT2D eigenvalue weighted by Crippen LogP contribution is -2.22. The lowest BCUT2D eigenvalue weighted by molar-refractivity contribution is 0.0600. The Balaban J connectivity index is 2.17. The van der Waals surface area contributed by atoms with Crippen LogP contribution in [0.5, 0.6) is 0 Å². The molecule has 2 aromatic carbocycles. The van der Waals surface area contributed by atoms with Gasteiger partial charge in [-0.3, -0.25) is 4.79 Å². The number of hydrogen-bond donors (Lipinski definition) is 0. The van der Waals surface area contributed by atoms with Gasteiger partial charge in [0.15, 0.2) is 0 Å². The molecule has 0 aliphatic heterocycles. The van der Waals surface area contributed by atoms with Crippen LogP contribution in [0.3, 0.4) is 0 Å². The highest BCUT2D eigenvalue weighted by atomic mass is 16.5. The second-order valence-corrected chi connectivity index (χ2v) is 5.36. The second-order valence-electron chi connectivity index (χ2n) is 5.36. The number of carbonyl (C=O) groups is 2. The Morgan fingerprint density at radius 2 is 1.87 bits per heavy atom. The molecule has 0 aliphatic carbocycles.